The molecule has 0 aliphatic carbocycles. The Labute approximate surface area is 92.6 Å². The molecule has 0 aliphatic rings. The fourth-order valence-electron chi connectivity index (χ4n) is 1.39. The first-order chi connectivity index (χ1) is 7.23. The van der Waals surface area contributed by atoms with Crippen LogP contribution in [0.1, 0.15) is 12.5 Å². The SMILES string of the molecule is CC(O)Cc1ccc(F)c(S(C)(=O)=O)c1F. The molecule has 0 aromatic heterocycles. The van der Waals surface area contributed by atoms with Gasteiger partial charge in [0.2, 0.25) is 0 Å². The number of rotatable bonds is 3. The molecular formula is C10H12F2O3S. The van der Waals surface area contributed by atoms with E-state index in [0.717, 1.165) is 18.4 Å². The van der Waals surface area contributed by atoms with Crippen LogP contribution in [0.3, 0.4) is 0 Å². The molecule has 1 unspecified atom stereocenters. The molecule has 3 nitrogen and oxygen atoms in total. The van der Waals surface area contributed by atoms with E-state index in [4.69, 9.17) is 5.11 Å². The molecule has 0 amide bonds. The second kappa shape index (κ2) is 4.47. The molecule has 1 aromatic carbocycles. The Kier molecular flexibility index (Phi) is 3.64. The number of halogens is 2. The van der Waals surface area contributed by atoms with E-state index >= 15 is 0 Å². The van der Waals surface area contributed by atoms with Crippen LogP contribution >= 0.6 is 0 Å². The average molecular weight is 250 g/mol. The van der Waals surface area contributed by atoms with Crippen molar-refractivity contribution in [2.45, 2.75) is 24.3 Å². The second-order valence-corrected chi connectivity index (χ2v) is 5.63. The van der Waals surface area contributed by atoms with Crippen LogP contribution < -0.4 is 0 Å². The van der Waals surface area contributed by atoms with E-state index in [9.17, 15) is 17.2 Å². The van der Waals surface area contributed by atoms with E-state index < -0.39 is 32.5 Å². The number of aliphatic hydroxyl groups is 1. The van der Waals surface area contributed by atoms with Crippen LogP contribution in [0.4, 0.5) is 8.78 Å². The summed E-state index contributed by atoms with van der Waals surface area (Å²) < 4.78 is 49.2. The summed E-state index contributed by atoms with van der Waals surface area (Å²) in [5.74, 6) is -2.24. The van der Waals surface area contributed by atoms with Gasteiger partial charge in [0.05, 0.1) is 6.10 Å². The summed E-state index contributed by atoms with van der Waals surface area (Å²) >= 11 is 0. The lowest BCUT2D eigenvalue weighted by molar-refractivity contribution is 0.193. The third-order valence-electron chi connectivity index (χ3n) is 2.02. The number of hydrogen-bond acceptors (Lipinski definition) is 3. The molecule has 0 saturated carbocycles. The Morgan fingerprint density at radius 3 is 2.38 bits per heavy atom. The van der Waals surface area contributed by atoms with Crippen molar-refractivity contribution >= 4 is 9.84 Å². The molecule has 0 aliphatic heterocycles. The molecule has 0 saturated heterocycles. The summed E-state index contributed by atoms with van der Waals surface area (Å²) in [6, 6.07) is 2.02. The molecule has 1 rings (SSSR count). The Bertz CT molecular complexity index is 495. The van der Waals surface area contributed by atoms with Crippen LogP contribution in [0, 0.1) is 11.6 Å². The molecule has 0 bridgehead atoms. The van der Waals surface area contributed by atoms with Gasteiger partial charge in [-0.25, -0.2) is 17.2 Å². The third-order valence-corrected chi connectivity index (χ3v) is 3.13. The maximum atomic E-state index is 13.7. The van der Waals surface area contributed by atoms with Gasteiger partial charge in [0.1, 0.15) is 16.5 Å². The third kappa shape index (κ3) is 2.76. The van der Waals surface area contributed by atoms with Crippen LogP contribution in [0.15, 0.2) is 17.0 Å². The van der Waals surface area contributed by atoms with Gasteiger partial charge in [-0.15, -0.1) is 0 Å². The van der Waals surface area contributed by atoms with Gasteiger partial charge in [0.25, 0.3) is 0 Å². The minimum absolute atomic E-state index is 0.0168. The molecule has 16 heavy (non-hydrogen) atoms. The van der Waals surface area contributed by atoms with Crippen molar-refractivity contribution in [2.75, 3.05) is 6.26 Å². The molecule has 0 spiro atoms. The van der Waals surface area contributed by atoms with Gasteiger partial charge in [0.15, 0.2) is 9.84 Å². The van der Waals surface area contributed by atoms with Crippen molar-refractivity contribution in [3.8, 4) is 0 Å². The summed E-state index contributed by atoms with van der Waals surface area (Å²) in [7, 11) is -3.95. The number of aliphatic hydroxyl groups excluding tert-OH is 1. The highest BCUT2D eigenvalue weighted by molar-refractivity contribution is 7.90. The van der Waals surface area contributed by atoms with Crippen molar-refractivity contribution < 1.29 is 22.3 Å². The number of hydrogen-bond donors (Lipinski definition) is 1. The van der Waals surface area contributed by atoms with E-state index in [1.807, 2.05) is 0 Å². The molecule has 90 valence electrons. The molecule has 1 atom stereocenters. The zero-order valence-corrected chi connectivity index (χ0v) is 9.68. The Hall–Kier alpha value is -1.01. The predicted octanol–water partition coefficient (Wildman–Crippen LogP) is 1.29. The maximum Gasteiger partial charge on any atom is 0.181 e. The minimum atomic E-state index is -3.95. The molecule has 6 heteroatoms. The van der Waals surface area contributed by atoms with Crippen LogP contribution in [0.5, 0.6) is 0 Å². The Morgan fingerprint density at radius 2 is 1.94 bits per heavy atom. The minimum Gasteiger partial charge on any atom is -0.393 e. The summed E-state index contributed by atoms with van der Waals surface area (Å²) in [6.45, 7) is 1.43. The lowest BCUT2D eigenvalue weighted by Gasteiger charge is -2.09. The van der Waals surface area contributed by atoms with Crippen molar-refractivity contribution in [2.24, 2.45) is 0 Å². The summed E-state index contributed by atoms with van der Waals surface area (Å²) in [5, 5.41) is 9.08. The first-order valence-electron chi connectivity index (χ1n) is 4.58. The number of sulfone groups is 1. The highest BCUT2D eigenvalue weighted by Crippen LogP contribution is 2.22. The smallest absolute Gasteiger partial charge is 0.181 e. The fourth-order valence-corrected chi connectivity index (χ4v) is 2.27. The normalized spacial score (nSPS) is 13.8. The van der Waals surface area contributed by atoms with Gasteiger partial charge in [0, 0.05) is 12.7 Å². The molecule has 0 radical (unpaired) electrons. The van der Waals surface area contributed by atoms with Crippen LogP contribution in [-0.2, 0) is 16.3 Å². The van der Waals surface area contributed by atoms with E-state index in [-0.39, 0.29) is 12.0 Å². The standard InChI is InChI=1S/C10H12F2O3S/c1-6(13)5-7-3-4-8(11)10(9(7)12)16(2,14)15/h3-4,6,13H,5H2,1-2H3. The van der Waals surface area contributed by atoms with Gasteiger partial charge in [-0.3, -0.25) is 0 Å². The van der Waals surface area contributed by atoms with E-state index in [1.165, 1.54) is 6.92 Å². The topological polar surface area (TPSA) is 54.4 Å². The largest absolute Gasteiger partial charge is 0.393 e. The highest BCUT2D eigenvalue weighted by Gasteiger charge is 2.22. The van der Waals surface area contributed by atoms with Crippen molar-refractivity contribution in [1.82, 2.24) is 0 Å². The van der Waals surface area contributed by atoms with Crippen LogP contribution in [0.25, 0.3) is 0 Å². The lowest BCUT2D eigenvalue weighted by Crippen LogP contribution is -2.11. The van der Waals surface area contributed by atoms with Crippen LogP contribution in [-0.4, -0.2) is 25.9 Å². The zero-order valence-electron chi connectivity index (χ0n) is 8.87. The molecule has 0 heterocycles. The summed E-state index contributed by atoms with van der Waals surface area (Å²) in [5.41, 5.74) is -0.0168. The Balaban J connectivity index is 3.39. The maximum absolute atomic E-state index is 13.7. The van der Waals surface area contributed by atoms with Crippen LogP contribution in [0.2, 0.25) is 0 Å². The van der Waals surface area contributed by atoms with Crippen molar-refractivity contribution in [3.05, 3.63) is 29.3 Å². The predicted molar refractivity (Wildman–Crippen MR) is 54.9 cm³/mol. The molecule has 1 aromatic rings. The van der Waals surface area contributed by atoms with E-state index in [1.54, 1.807) is 0 Å². The van der Waals surface area contributed by atoms with Gasteiger partial charge in [-0.1, -0.05) is 6.07 Å². The number of benzene rings is 1. The van der Waals surface area contributed by atoms with Gasteiger partial charge >= 0.3 is 0 Å². The monoisotopic (exact) mass is 250 g/mol. The zero-order chi connectivity index (χ0) is 12.5. The fraction of sp³-hybridized carbons (Fsp3) is 0.400. The van der Waals surface area contributed by atoms with Crippen molar-refractivity contribution in [1.29, 1.82) is 0 Å². The van der Waals surface area contributed by atoms with Gasteiger partial charge in [-0.05, 0) is 18.6 Å². The quantitative estimate of drug-likeness (QED) is 0.879. The van der Waals surface area contributed by atoms with Gasteiger partial charge in [-0.2, -0.15) is 0 Å². The molecule has 1 N–H and O–H groups in total. The Morgan fingerprint density at radius 1 is 1.38 bits per heavy atom. The summed E-state index contributed by atoms with van der Waals surface area (Å²) in [4.78, 5) is -0.939. The van der Waals surface area contributed by atoms with Crippen molar-refractivity contribution in [3.63, 3.8) is 0 Å². The first kappa shape index (κ1) is 13.1. The molecular weight excluding hydrogens is 238 g/mol. The second-order valence-electron chi connectivity index (χ2n) is 3.67. The van der Waals surface area contributed by atoms with Gasteiger partial charge < -0.3 is 5.11 Å². The lowest BCUT2D eigenvalue weighted by atomic mass is 10.1. The first-order valence-corrected chi connectivity index (χ1v) is 6.47. The van der Waals surface area contributed by atoms with E-state index in [2.05, 4.69) is 0 Å². The van der Waals surface area contributed by atoms with E-state index in [0.29, 0.717) is 0 Å². The molecule has 0 fully saturated rings. The highest BCUT2D eigenvalue weighted by atomic mass is 32.2. The summed E-state index contributed by atoms with van der Waals surface area (Å²) in [6.07, 6.45) is -0.151. The average Bonchev–Trinajstić information content (AvgIpc) is 2.07.